The Morgan fingerprint density at radius 3 is 2.28 bits per heavy atom. The molecule has 1 saturated heterocycles. The second kappa shape index (κ2) is 6.75. The number of cyclic esters (lactones) is 1. The molecule has 3 aromatic rings. The van der Waals surface area contributed by atoms with E-state index in [0.29, 0.717) is 5.69 Å². The van der Waals surface area contributed by atoms with Gasteiger partial charge in [0.15, 0.2) is 5.41 Å². The van der Waals surface area contributed by atoms with E-state index in [2.05, 4.69) is 0 Å². The topological polar surface area (TPSA) is 102 Å². The van der Waals surface area contributed by atoms with Crippen molar-refractivity contribution in [2.45, 2.75) is 38.1 Å². The summed E-state index contributed by atoms with van der Waals surface area (Å²) < 4.78 is 15.4. The van der Waals surface area contributed by atoms with E-state index in [1.54, 1.807) is 44.2 Å². The van der Waals surface area contributed by atoms with Crippen LogP contribution in [0.25, 0.3) is 5.69 Å². The predicted octanol–water partition coefficient (Wildman–Crippen LogP) is 2.32. The molecule has 2 unspecified atom stereocenters. The Balaban J connectivity index is 1.36. The number of ether oxygens (including phenoxy) is 2. The zero-order valence-electron chi connectivity index (χ0n) is 19.6. The second-order valence-corrected chi connectivity index (χ2v) is 9.97. The van der Waals surface area contributed by atoms with Crippen LogP contribution in [0.3, 0.4) is 0 Å². The van der Waals surface area contributed by atoms with Crippen LogP contribution in [-0.4, -0.2) is 32.0 Å². The molecule has 9 nitrogen and oxygen atoms in total. The number of aromatic nitrogens is 3. The first-order valence-corrected chi connectivity index (χ1v) is 12.0. The van der Waals surface area contributed by atoms with Crippen LogP contribution in [0.1, 0.15) is 37.6 Å². The number of esters is 2. The van der Waals surface area contributed by atoms with Crippen molar-refractivity contribution in [2.24, 2.45) is 16.7 Å². The minimum Gasteiger partial charge on any atom is -0.461 e. The maximum Gasteiger partial charge on any atom is 0.352 e. The average Bonchev–Trinajstić information content (AvgIpc) is 3.42. The lowest BCUT2D eigenvalue weighted by atomic mass is 9.79. The molecule has 4 heterocycles. The average molecular weight is 485 g/mol. The Morgan fingerprint density at radius 1 is 0.944 bits per heavy atom. The van der Waals surface area contributed by atoms with Crippen LogP contribution in [0.15, 0.2) is 82.4 Å². The molecule has 7 atom stereocenters. The van der Waals surface area contributed by atoms with Crippen molar-refractivity contribution in [1.82, 2.24) is 13.9 Å². The number of benzene rings is 2. The molecule has 5 aliphatic rings. The number of carbonyl (C=O) groups excluding carboxylic acids is 2. The van der Waals surface area contributed by atoms with Crippen molar-refractivity contribution < 1.29 is 19.1 Å². The van der Waals surface area contributed by atoms with Gasteiger partial charge < -0.3 is 9.47 Å². The smallest absolute Gasteiger partial charge is 0.352 e. The maximum atomic E-state index is 13.8. The summed E-state index contributed by atoms with van der Waals surface area (Å²) in [5.41, 5.74) is -2.35. The van der Waals surface area contributed by atoms with Crippen molar-refractivity contribution in [3.8, 4) is 5.69 Å². The molecule has 36 heavy (non-hydrogen) atoms. The van der Waals surface area contributed by atoms with Crippen LogP contribution in [0.4, 0.5) is 0 Å². The third kappa shape index (κ3) is 2.14. The van der Waals surface area contributed by atoms with Crippen molar-refractivity contribution in [3.05, 3.63) is 99.3 Å². The molecule has 0 N–H and O–H groups in total. The monoisotopic (exact) mass is 485 g/mol. The summed E-state index contributed by atoms with van der Waals surface area (Å²) >= 11 is 0. The third-order valence-electron chi connectivity index (χ3n) is 8.62. The van der Waals surface area contributed by atoms with Gasteiger partial charge in [0.2, 0.25) is 0 Å². The summed E-state index contributed by atoms with van der Waals surface area (Å²) in [5, 5.41) is 0. The molecular weight excluding hydrogens is 462 g/mol. The summed E-state index contributed by atoms with van der Waals surface area (Å²) in [6.45, 7) is 3.51. The Labute approximate surface area is 205 Å². The van der Waals surface area contributed by atoms with E-state index in [4.69, 9.17) is 9.47 Å². The molecule has 2 aliphatic carbocycles. The lowest BCUT2D eigenvalue weighted by Gasteiger charge is -2.40. The minimum absolute atomic E-state index is 0.460. The van der Waals surface area contributed by atoms with Crippen LogP contribution in [-0.2, 0) is 19.1 Å². The summed E-state index contributed by atoms with van der Waals surface area (Å²) in [5.74, 6) is -1.86. The minimum atomic E-state index is -1.59. The lowest BCUT2D eigenvalue weighted by molar-refractivity contribution is -0.166. The Kier molecular flexibility index (Phi) is 3.97. The Hall–Kier alpha value is -4.14. The highest BCUT2D eigenvalue weighted by Crippen LogP contribution is 2.85. The molecule has 1 spiro atoms. The number of carbonyl (C=O) groups is 2. The number of allylic oxidation sites excluding steroid dienone is 2. The number of hydrogen-bond donors (Lipinski definition) is 0. The highest BCUT2D eigenvalue weighted by atomic mass is 16.6. The van der Waals surface area contributed by atoms with Gasteiger partial charge >= 0.3 is 23.3 Å². The molecule has 3 aliphatic heterocycles. The van der Waals surface area contributed by atoms with Gasteiger partial charge in [0.05, 0.1) is 23.2 Å². The first-order valence-electron chi connectivity index (χ1n) is 12.0. The summed E-state index contributed by atoms with van der Waals surface area (Å²) in [6.07, 6.45) is 2.43. The fourth-order valence-corrected chi connectivity index (χ4v) is 7.20. The van der Waals surface area contributed by atoms with Crippen LogP contribution < -0.4 is 11.4 Å². The standard InChI is InChI=1S/C27H23N3O6/c1-15(17-9-5-3-6-10-17)35-22(31)27-21-19-13-14-20(26(21,27)16(2)36-23(27)32)30-25(34)28(24(33)29(19)30)18-11-7-4-8-12-18/h3-16,19-21H,1-2H3/t15-,16?,19+,20-,21-,26?,27+/m0/s1. The van der Waals surface area contributed by atoms with Gasteiger partial charge in [0.1, 0.15) is 12.2 Å². The molecule has 182 valence electrons. The molecule has 2 fully saturated rings. The van der Waals surface area contributed by atoms with E-state index >= 15 is 0 Å². The highest BCUT2D eigenvalue weighted by Gasteiger charge is 2.97. The van der Waals surface area contributed by atoms with Crippen LogP contribution in [0.5, 0.6) is 0 Å². The first-order chi connectivity index (χ1) is 17.4. The second-order valence-electron chi connectivity index (χ2n) is 9.97. The van der Waals surface area contributed by atoms with Crippen molar-refractivity contribution in [3.63, 3.8) is 0 Å². The molecule has 1 saturated carbocycles. The van der Waals surface area contributed by atoms with Gasteiger partial charge in [-0.1, -0.05) is 60.7 Å². The number of hydrogen-bond acceptors (Lipinski definition) is 6. The van der Waals surface area contributed by atoms with Gasteiger partial charge in [0, 0.05) is 5.92 Å². The number of rotatable bonds is 4. The zero-order chi connectivity index (χ0) is 25.0. The van der Waals surface area contributed by atoms with E-state index in [1.807, 2.05) is 42.5 Å². The van der Waals surface area contributed by atoms with E-state index in [9.17, 15) is 19.2 Å². The van der Waals surface area contributed by atoms with Gasteiger partial charge in [-0.2, -0.15) is 0 Å². The molecule has 8 rings (SSSR count). The highest BCUT2D eigenvalue weighted by molar-refractivity contribution is 6.08. The fourth-order valence-electron chi connectivity index (χ4n) is 7.20. The zero-order valence-corrected chi connectivity index (χ0v) is 19.6. The van der Waals surface area contributed by atoms with Crippen LogP contribution in [0.2, 0.25) is 0 Å². The fraction of sp³-hybridized carbons (Fsp3) is 0.333. The first kappa shape index (κ1) is 21.2. The van der Waals surface area contributed by atoms with Crippen molar-refractivity contribution >= 4 is 11.9 Å². The van der Waals surface area contributed by atoms with E-state index in [-0.39, 0.29) is 0 Å². The normalized spacial score (nSPS) is 33.3. The van der Waals surface area contributed by atoms with Crippen molar-refractivity contribution in [1.29, 1.82) is 0 Å². The van der Waals surface area contributed by atoms with Crippen LogP contribution in [0, 0.1) is 16.7 Å². The molecule has 0 amide bonds. The van der Waals surface area contributed by atoms with E-state index in [0.717, 1.165) is 10.1 Å². The van der Waals surface area contributed by atoms with Gasteiger partial charge in [-0.05, 0) is 31.5 Å². The number of nitrogens with zero attached hydrogens (tertiary/aromatic N) is 3. The molecule has 9 heteroatoms. The van der Waals surface area contributed by atoms with Gasteiger partial charge in [-0.15, -0.1) is 0 Å². The van der Waals surface area contributed by atoms with Gasteiger partial charge in [-0.25, -0.2) is 23.5 Å². The summed E-state index contributed by atoms with van der Waals surface area (Å²) in [4.78, 5) is 54.4. The largest absolute Gasteiger partial charge is 0.461 e. The lowest BCUT2D eigenvalue weighted by Crippen LogP contribution is -2.48. The van der Waals surface area contributed by atoms with E-state index < -0.39 is 64.4 Å². The molecule has 2 bridgehead atoms. The summed E-state index contributed by atoms with van der Waals surface area (Å²) in [6, 6.07) is 16.6. The van der Waals surface area contributed by atoms with E-state index in [1.165, 1.54) is 9.36 Å². The molecule has 2 aromatic carbocycles. The quantitative estimate of drug-likeness (QED) is 0.319. The van der Waals surface area contributed by atoms with Crippen LogP contribution >= 0.6 is 0 Å². The maximum absolute atomic E-state index is 13.8. The third-order valence-corrected chi connectivity index (χ3v) is 8.62. The van der Waals surface area contributed by atoms with Gasteiger partial charge in [0.25, 0.3) is 0 Å². The molecule has 1 aromatic heterocycles. The summed E-state index contributed by atoms with van der Waals surface area (Å²) in [7, 11) is 0. The molecular formula is C27H23N3O6. The SMILES string of the molecule is CC1OC(=O)[C@]2(C(=O)O[C@@H](C)c3ccccc3)[C@H]3[C@H]4C=C[C@H](n5c(=O)n(-c6ccccc6)c(=O)n54)C132. The number of para-hydroxylation sites is 1. The Morgan fingerprint density at radius 2 is 1.58 bits per heavy atom. The van der Waals surface area contributed by atoms with Gasteiger partial charge in [-0.3, -0.25) is 9.59 Å². The predicted molar refractivity (Wildman–Crippen MR) is 126 cm³/mol. The molecule has 0 radical (unpaired) electrons. The Bertz CT molecular complexity index is 1580. The van der Waals surface area contributed by atoms with Crippen molar-refractivity contribution in [2.75, 3.05) is 0 Å².